The third kappa shape index (κ3) is 10.8. The molecular formula is C57H65F5N10O8. The third-order valence-electron chi connectivity index (χ3n) is 16.6. The number of methoxy groups -OCH3 is 4. The van der Waals surface area contributed by atoms with E-state index in [9.17, 15) is 23.6 Å². The van der Waals surface area contributed by atoms with E-state index in [1.54, 1.807) is 57.7 Å². The molecule has 4 aliphatic heterocycles. The van der Waals surface area contributed by atoms with Gasteiger partial charge < -0.3 is 59.1 Å². The number of piperidine rings is 1. The highest BCUT2D eigenvalue weighted by Crippen LogP contribution is 2.50. The van der Waals surface area contributed by atoms with E-state index in [0.29, 0.717) is 87.4 Å². The number of hydrogen-bond donors (Lipinski definition) is 4. The lowest BCUT2D eigenvalue weighted by molar-refractivity contribution is -0.138. The van der Waals surface area contributed by atoms with Gasteiger partial charge in [-0.25, -0.2) is 41.5 Å². The Morgan fingerprint density at radius 3 is 1.45 bits per heavy atom. The molecule has 80 heavy (non-hydrogen) atoms. The lowest BCUT2D eigenvalue weighted by Gasteiger charge is -2.36. The molecule has 4 aromatic carbocycles. The van der Waals surface area contributed by atoms with E-state index in [1.807, 2.05) is 0 Å². The van der Waals surface area contributed by atoms with Gasteiger partial charge >= 0.3 is 12.2 Å². The number of aromatic amines is 2. The zero-order valence-corrected chi connectivity index (χ0v) is 45.3. The number of amides is 4. The summed E-state index contributed by atoms with van der Waals surface area (Å²) in [7, 11) is 5.23. The Kier molecular flexibility index (Phi) is 16.2. The van der Waals surface area contributed by atoms with Crippen molar-refractivity contribution in [2.75, 3.05) is 64.4 Å². The van der Waals surface area contributed by atoms with Gasteiger partial charge in [-0.15, -0.1) is 0 Å². The van der Waals surface area contributed by atoms with Crippen molar-refractivity contribution in [2.24, 2.45) is 0 Å². The average Bonchev–Trinajstić information content (AvgIpc) is 4.48. The van der Waals surface area contributed by atoms with Gasteiger partial charge in [-0.1, -0.05) is 12.1 Å². The fourth-order valence-corrected chi connectivity index (χ4v) is 12.3. The van der Waals surface area contributed by atoms with E-state index >= 15 is 17.6 Å². The Balaban J connectivity index is 0.993. The molecule has 18 nitrogen and oxygen atoms in total. The molecule has 4 saturated heterocycles. The monoisotopic (exact) mass is 1110 g/mol. The van der Waals surface area contributed by atoms with Gasteiger partial charge in [-0.3, -0.25) is 9.59 Å². The molecule has 23 heteroatoms. The first-order chi connectivity index (χ1) is 38.5. The van der Waals surface area contributed by atoms with Gasteiger partial charge in [0.2, 0.25) is 11.8 Å². The van der Waals surface area contributed by atoms with Crippen LogP contribution in [0.25, 0.3) is 22.1 Å². The van der Waals surface area contributed by atoms with Crippen molar-refractivity contribution in [3.63, 3.8) is 0 Å². The van der Waals surface area contributed by atoms with Crippen molar-refractivity contribution in [2.45, 2.75) is 120 Å². The maximum Gasteiger partial charge on any atom is 0.407 e. The van der Waals surface area contributed by atoms with Crippen LogP contribution >= 0.6 is 0 Å². The highest BCUT2D eigenvalue weighted by molar-refractivity contribution is 5.88. The number of nitrogens with zero attached hydrogens (tertiary/aromatic N) is 6. The second-order valence-electron chi connectivity index (χ2n) is 21.1. The van der Waals surface area contributed by atoms with Crippen LogP contribution in [0.3, 0.4) is 0 Å². The molecule has 10 rings (SSSR count). The summed E-state index contributed by atoms with van der Waals surface area (Å²) in [6.45, 7) is 4.64. The third-order valence-corrected chi connectivity index (χ3v) is 16.6. The van der Waals surface area contributed by atoms with E-state index in [0.717, 1.165) is 5.56 Å². The molecule has 4 fully saturated rings. The van der Waals surface area contributed by atoms with Gasteiger partial charge in [-0.2, -0.15) is 0 Å². The predicted molar refractivity (Wildman–Crippen MR) is 285 cm³/mol. The Morgan fingerprint density at radius 1 is 0.575 bits per heavy atom. The molecule has 4 aliphatic rings. The van der Waals surface area contributed by atoms with E-state index < -0.39 is 95.7 Å². The van der Waals surface area contributed by atoms with Crippen LogP contribution in [0.2, 0.25) is 0 Å². The van der Waals surface area contributed by atoms with Crippen LogP contribution in [0.15, 0.2) is 60.7 Å². The standard InChI is InChI=1S/C57H65F5N10O8/c1-29(77-3)49(67-56(75)79-5)54(73)70-19-7-9-47(70)52-63-41-25-35(37(59)27-43(41)65-52)45-15-16-46(72(45)34-23-39(61)51(40(62)24-34)69-21-17-32(18-22-69)31-11-13-33(58)14-12-31)36-26-42-44(28-38(36)60)66-53(64-42)48-10-8-20-71(48)55(74)50(30(2)78-4)68-57(76)80-6/h11-14,23-30,32,45-50H,7-10,15-22H2,1-6H3,(H,63,65)(H,64,66)(H,67,75)(H,68,76). The van der Waals surface area contributed by atoms with E-state index in [2.05, 4.69) is 20.6 Å². The fraction of sp³-hybridized carbons (Fsp3) is 0.474. The smallest absolute Gasteiger partial charge is 0.407 e. The van der Waals surface area contributed by atoms with Crippen LogP contribution in [0.5, 0.6) is 0 Å². The Hall–Kier alpha value is -7.53. The minimum Gasteiger partial charge on any atom is -0.453 e. The summed E-state index contributed by atoms with van der Waals surface area (Å²) >= 11 is 0. The molecule has 0 bridgehead atoms. The number of halogens is 5. The van der Waals surface area contributed by atoms with Crippen LogP contribution in [-0.4, -0.2) is 133 Å². The largest absolute Gasteiger partial charge is 0.453 e. The highest BCUT2D eigenvalue weighted by atomic mass is 19.1. The van der Waals surface area contributed by atoms with E-state index in [1.165, 1.54) is 64.8 Å². The van der Waals surface area contributed by atoms with Gasteiger partial charge in [0.05, 0.1) is 72.7 Å². The quantitative estimate of drug-likeness (QED) is 0.0712. The van der Waals surface area contributed by atoms with Crippen LogP contribution < -0.4 is 20.4 Å². The van der Waals surface area contributed by atoms with Crippen molar-refractivity contribution < 1.29 is 60.1 Å². The Labute approximate surface area is 458 Å². The number of rotatable bonds is 15. The van der Waals surface area contributed by atoms with Gasteiger partial charge in [0.25, 0.3) is 0 Å². The Bertz CT molecular complexity index is 3100. The summed E-state index contributed by atoms with van der Waals surface area (Å²) in [5.41, 5.74) is 2.44. The second-order valence-corrected chi connectivity index (χ2v) is 21.1. The van der Waals surface area contributed by atoms with Crippen LogP contribution in [0.4, 0.5) is 42.9 Å². The minimum absolute atomic E-state index is 0.0491. The van der Waals surface area contributed by atoms with E-state index in [4.69, 9.17) is 28.9 Å². The number of aromatic nitrogens is 4. The number of nitrogens with one attached hydrogen (secondary N) is 4. The number of hydrogen-bond acceptors (Lipinski definition) is 12. The number of H-pyrrole nitrogens is 2. The zero-order valence-electron chi connectivity index (χ0n) is 45.3. The van der Waals surface area contributed by atoms with Crippen LogP contribution in [-0.2, 0) is 28.5 Å². The lowest BCUT2D eigenvalue weighted by Crippen LogP contribution is -2.54. The molecule has 8 unspecified atom stereocenters. The number of anilines is 2. The zero-order chi connectivity index (χ0) is 56.7. The number of alkyl carbamates (subject to hydrolysis) is 2. The number of likely N-dealkylation sites (tertiary alicyclic amines) is 2. The number of ether oxygens (including phenoxy) is 4. The number of fused-ring (bicyclic) bond motifs is 2. The van der Waals surface area contributed by atoms with Gasteiger partial charge in [0.15, 0.2) is 11.6 Å². The van der Waals surface area contributed by atoms with Crippen molar-refractivity contribution >= 4 is 57.4 Å². The SMILES string of the molecule is COC(=O)NC(C(=O)N1CCCC1c1nc2cc(F)c(C3CCC(c4cc5[nH]c(C6CCCN6C(=O)C(NC(=O)OC)C(C)OC)nc5cc4F)N3c3cc(F)c(N4CCC(c5ccc(F)cc5)CC4)c(F)c3)cc2[nH]1)C(C)OC. The van der Waals surface area contributed by atoms with Crippen molar-refractivity contribution in [3.8, 4) is 0 Å². The molecule has 6 aromatic rings. The molecule has 0 spiro atoms. The molecule has 6 heterocycles. The highest BCUT2D eigenvalue weighted by Gasteiger charge is 2.43. The second kappa shape index (κ2) is 23.3. The number of carbonyl (C=O) groups is 4. The molecule has 0 radical (unpaired) electrons. The molecule has 0 saturated carbocycles. The molecule has 4 N–H and O–H groups in total. The maximum atomic E-state index is 17.0. The summed E-state index contributed by atoms with van der Waals surface area (Å²) in [6.07, 6.45) is 0.794. The summed E-state index contributed by atoms with van der Waals surface area (Å²) in [5.74, 6) is -3.41. The first kappa shape index (κ1) is 55.8. The maximum absolute atomic E-state index is 17.0. The van der Waals surface area contributed by atoms with E-state index in [-0.39, 0.29) is 58.1 Å². The van der Waals surface area contributed by atoms with Crippen molar-refractivity contribution in [3.05, 3.63) is 118 Å². The molecule has 426 valence electrons. The topological polar surface area (TPSA) is 200 Å². The first-order valence-electron chi connectivity index (χ1n) is 27.0. The van der Waals surface area contributed by atoms with Crippen LogP contribution in [0.1, 0.15) is 124 Å². The van der Waals surface area contributed by atoms with Gasteiger partial charge in [0.1, 0.15) is 46.9 Å². The molecule has 2 aromatic heterocycles. The molecule has 0 aliphatic carbocycles. The number of benzene rings is 4. The molecular weight excluding hydrogens is 1050 g/mol. The number of imidazole rings is 2. The molecule has 8 atom stereocenters. The first-order valence-corrected chi connectivity index (χ1v) is 27.0. The van der Waals surface area contributed by atoms with Crippen molar-refractivity contribution in [1.82, 2.24) is 40.4 Å². The summed E-state index contributed by atoms with van der Waals surface area (Å²) < 4.78 is 102. The fourth-order valence-electron chi connectivity index (χ4n) is 12.3. The summed E-state index contributed by atoms with van der Waals surface area (Å²) in [6, 6.07) is 9.30. The van der Waals surface area contributed by atoms with Gasteiger partial charge in [0, 0.05) is 69.3 Å². The normalized spacial score (nSPS) is 21.3. The predicted octanol–water partition coefficient (Wildman–Crippen LogP) is 9.45. The summed E-state index contributed by atoms with van der Waals surface area (Å²) in [4.78, 5) is 75.3. The lowest BCUT2D eigenvalue weighted by atomic mass is 9.89. The molecule has 4 amide bonds. The van der Waals surface area contributed by atoms with Crippen LogP contribution in [0, 0.1) is 29.1 Å². The number of carbonyl (C=O) groups excluding carboxylic acids is 4. The Morgan fingerprint density at radius 2 is 1.02 bits per heavy atom. The van der Waals surface area contributed by atoms with Gasteiger partial charge in [-0.05, 0) is 113 Å². The average molecular weight is 1110 g/mol. The minimum atomic E-state index is -1.08. The summed E-state index contributed by atoms with van der Waals surface area (Å²) in [5, 5.41) is 5.14. The van der Waals surface area contributed by atoms with Crippen molar-refractivity contribution in [1.29, 1.82) is 0 Å².